The first-order valence-electron chi connectivity index (χ1n) is 3.10. The van der Waals surface area contributed by atoms with Gasteiger partial charge in [-0.15, -0.1) is 0 Å². The molecule has 1 aliphatic rings. The van der Waals surface area contributed by atoms with Gasteiger partial charge >= 0.3 is 0 Å². The van der Waals surface area contributed by atoms with Crippen molar-refractivity contribution >= 4 is 5.91 Å². The molecule has 1 atom stereocenters. The van der Waals surface area contributed by atoms with E-state index in [0.717, 1.165) is 0 Å². The summed E-state index contributed by atoms with van der Waals surface area (Å²) >= 11 is 0. The van der Waals surface area contributed by atoms with Crippen LogP contribution in [0.5, 0.6) is 0 Å². The summed E-state index contributed by atoms with van der Waals surface area (Å²) < 4.78 is 9.59. The third kappa shape index (κ3) is 1.12. The van der Waals surface area contributed by atoms with Gasteiger partial charge in [0.1, 0.15) is 6.73 Å². The van der Waals surface area contributed by atoms with Crippen LogP contribution in [-0.4, -0.2) is 44.4 Å². The molecule has 0 aliphatic carbocycles. The van der Waals surface area contributed by atoms with Gasteiger partial charge in [-0.3, -0.25) is 4.79 Å². The SMILES string of the molecule is COCN1CC(OC)C1=O. The van der Waals surface area contributed by atoms with Crippen molar-refractivity contribution in [3.8, 4) is 0 Å². The number of carbonyl (C=O) groups is 1. The van der Waals surface area contributed by atoms with Gasteiger partial charge in [0.05, 0.1) is 6.54 Å². The van der Waals surface area contributed by atoms with Crippen molar-refractivity contribution < 1.29 is 14.3 Å². The van der Waals surface area contributed by atoms with Crippen molar-refractivity contribution in [1.29, 1.82) is 0 Å². The van der Waals surface area contributed by atoms with E-state index in [9.17, 15) is 4.79 Å². The fraction of sp³-hybridized carbons (Fsp3) is 0.833. The number of β-lactam (4-membered cyclic amide) rings is 1. The van der Waals surface area contributed by atoms with E-state index in [1.54, 1.807) is 12.0 Å². The topological polar surface area (TPSA) is 38.8 Å². The van der Waals surface area contributed by atoms with E-state index in [1.807, 2.05) is 0 Å². The highest BCUT2D eigenvalue weighted by molar-refractivity contribution is 5.86. The Kier molecular flexibility index (Phi) is 2.24. The van der Waals surface area contributed by atoms with E-state index in [1.165, 1.54) is 7.11 Å². The molecule has 0 bridgehead atoms. The first-order valence-corrected chi connectivity index (χ1v) is 3.10. The minimum Gasteiger partial charge on any atom is -0.370 e. The maximum Gasteiger partial charge on any atom is 0.255 e. The molecule has 4 nitrogen and oxygen atoms in total. The Hall–Kier alpha value is -0.610. The van der Waals surface area contributed by atoms with Gasteiger partial charge < -0.3 is 14.4 Å². The summed E-state index contributed by atoms with van der Waals surface area (Å²) in [5.41, 5.74) is 0. The number of hydrogen-bond acceptors (Lipinski definition) is 3. The molecule has 1 saturated heterocycles. The van der Waals surface area contributed by atoms with Crippen molar-refractivity contribution in [2.45, 2.75) is 6.10 Å². The van der Waals surface area contributed by atoms with Crippen LogP contribution in [0.1, 0.15) is 0 Å². The Bertz CT molecular complexity index is 137. The molecule has 0 aromatic rings. The fourth-order valence-electron chi connectivity index (χ4n) is 0.907. The molecule has 10 heavy (non-hydrogen) atoms. The van der Waals surface area contributed by atoms with Gasteiger partial charge in [-0.25, -0.2) is 0 Å². The number of hydrogen-bond donors (Lipinski definition) is 0. The predicted molar refractivity (Wildman–Crippen MR) is 34.4 cm³/mol. The van der Waals surface area contributed by atoms with Gasteiger partial charge in [0, 0.05) is 14.2 Å². The van der Waals surface area contributed by atoms with Gasteiger partial charge in [0.15, 0.2) is 6.10 Å². The first kappa shape index (κ1) is 7.50. The summed E-state index contributed by atoms with van der Waals surface area (Å²) in [6, 6.07) is 0. The quantitative estimate of drug-likeness (QED) is 0.500. The second kappa shape index (κ2) is 2.98. The van der Waals surface area contributed by atoms with Crippen molar-refractivity contribution in [2.24, 2.45) is 0 Å². The van der Waals surface area contributed by atoms with E-state index < -0.39 is 0 Å². The number of rotatable bonds is 3. The molecule has 0 aromatic carbocycles. The lowest BCUT2D eigenvalue weighted by Gasteiger charge is -2.36. The molecule has 1 rings (SSSR count). The summed E-state index contributed by atoms with van der Waals surface area (Å²) in [7, 11) is 3.10. The number of carbonyl (C=O) groups excluding carboxylic acids is 1. The molecule has 1 aliphatic heterocycles. The third-order valence-corrected chi connectivity index (χ3v) is 1.54. The molecular weight excluding hydrogens is 134 g/mol. The van der Waals surface area contributed by atoms with E-state index in [4.69, 9.17) is 9.47 Å². The van der Waals surface area contributed by atoms with Gasteiger partial charge in [-0.1, -0.05) is 0 Å². The highest BCUT2D eigenvalue weighted by Gasteiger charge is 2.36. The zero-order chi connectivity index (χ0) is 7.56. The molecule has 1 fully saturated rings. The molecular formula is C6H11NO3. The van der Waals surface area contributed by atoms with Gasteiger partial charge in [0.2, 0.25) is 0 Å². The molecule has 0 saturated carbocycles. The minimum absolute atomic E-state index is 0.0179. The predicted octanol–water partition coefficient (Wildman–Crippen LogP) is -0.552. The normalized spacial score (nSPS) is 24.8. The lowest BCUT2D eigenvalue weighted by atomic mass is 10.2. The van der Waals surface area contributed by atoms with Crippen LogP contribution in [0.4, 0.5) is 0 Å². The summed E-state index contributed by atoms with van der Waals surface area (Å²) in [6.45, 7) is 1.03. The lowest BCUT2D eigenvalue weighted by molar-refractivity contribution is -0.166. The van der Waals surface area contributed by atoms with Gasteiger partial charge in [0.25, 0.3) is 5.91 Å². The zero-order valence-corrected chi connectivity index (χ0v) is 6.16. The largest absolute Gasteiger partial charge is 0.370 e. The maximum absolute atomic E-state index is 10.9. The molecule has 4 heteroatoms. The van der Waals surface area contributed by atoms with Gasteiger partial charge in [-0.05, 0) is 0 Å². The molecule has 1 amide bonds. The third-order valence-electron chi connectivity index (χ3n) is 1.54. The minimum atomic E-state index is -0.227. The van der Waals surface area contributed by atoms with E-state index in [-0.39, 0.29) is 12.0 Å². The highest BCUT2D eigenvalue weighted by atomic mass is 16.5. The second-order valence-electron chi connectivity index (χ2n) is 2.20. The van der Waals surface area contributed by atoms with E-state index in [0.29, 0.717) is 13.3 Å². The average Bonchev–Trinajstić information content (AvgIpc) is 1.96. The van der Waals surface area contributed by atoms with Crippen LogP contribution >= 0.6 is 0 Å². The molecule has 0 N–H and O–H groups in total. The Morgan fingerprint density at radius 2 is 2.40 bits per heavy atom. The Balaban J connectivity index is 2.25. The maximum atomic E-state index is 10.9. The standard InChI is InChI=1S/C6H11NO3/c1-9-4-7-3-5(10-2)6(7)8/h5H,3-4H2,1-2H3. The van der Waals surface area contributed by atoms with Crippen LogP contribution in [0.25, 0.3) is 0 Å². The number of nitrogens with zero attached hydrogens (tertiary/aromatic N) is 1. The van der Waals surface area contributed by atoms with Crippen LogP contribution in [0.15, 0.2) is 0 Å². The fourth-order valence-corrected chi connectivity index (χ4v) is 0.907. The molecule has 1 unspecified atom stereocenters. The van der Waals surface area contributed by atoms with Crippen molar-refractivity contribution in [3.63, 3.8) is 0 Å². The zero-order valence-electron chi connectivity index (χ0n) is 6.16. The van der Waals surface area contributed by atoms with Crippen molar-refractivity contribution in [1.82, 2.24) is 4.90 Å². The Morgan fingerprint density at radius 3 is 2.80 bits per heavy atom. The van der Waals surface area contributed by atoms with E-state index >= 15 is 0 Å². The number of likely N-dealkylation sites (tertiary alicyclic amines) is 1. The Morgan fingerprint density at radius 1 is 1.70 bits per heavy atom. The van der Waals surface area contributed by atoms with Crippen molar-refractivity contribution in [3.05, 3.63) is 0 Å². The summed E-state index contributed by atoms with van der Waals surface area (Å²) in [5, 5.41) is 0. The smallest absolute Gasteiger partial charge is 0.255 e. The average molecular weight is 145 g/mol. The van der Waals surface area contributed by atoms with Crippen LogP contribution in [0, 0.1) is 0 Å². The molecule has 0 aromatic heterocycles. The first-order chi connectivity index (χ1) is 4.79. The molecule has 58 valence electrons. The van der Waals surface area contributed by atoms with Crippen LogP contribution in [0.2, 0.25) is 0 Å². The summed E-state index contributed by atoms with van der Waals surface area (Å²) in [4.78, 5) is 12.5. The Labute approximate surface area is 59.7 Å². The number of amides is 1. The highest BCUT2D eigenvalue weighted by Crippen LogP contribution is 2.11. The molecule has 0 radical (unpaired) electrons. The second-order valence-corrected chi connectivity index (χ2v) is 2.20. The van der Waals surface area contributed by atoms with E-state index in [2.05, 4.69) is 0 Å². The number of methoxy groups -OCH3 is 2. The molecule has 0 spiro atoms. The molecule has 1 heterocycles. The lowest BCUT2D eigenvalue weighted by Crippen LogP contribution is -2.57. The van der Waals surface area contributed by atoms with Crippen molar-refractivity contribution in [2.75, 3.05) is 27.5 Å². The van der Waals surface area contributed by atoms with Gasteiger partial charge in [-0.2, -0.15) is 0 Å². The summed E-state index contributed by atoms with van der Waals surface area (Å²) in [5.74, 6) is 0.0179. The monoisotopic (exact) mass is 145 g/mol. The van der Waals surface area contributed by atoms with Crippen LogP contribution in [-0.2, 0) is 14.3 Å². The van der Waals surface area contributed by atoms with Crippen LogP contribution < -0.4 is 0 Å². The van der Waals surface area contributed by atoms with Crippen LogP contribution in [0.3, 0.4) is 0 Å². The summed E-state index contributed by atoms with van der Waals surface area (Å²) in [6.07, 6.45) is -0.227. The number of ether oxygens (including phenoxy) is 2.